The van der Waals surface area contributed by atoms with Crippen molar-refractivity contribution in [1.82, 2.24) is 5.32 Å². The van der Waals surface area contributed by atoms with E-state index in [4.69, 9.17) is 16.7 Å². The van der Waals surface area contributed by atoms with Crippen molar-refractivity contribution in [1.29, 1.82) is 0 Å². The summed E-state index contributed by atoms with van der Waals surface area (Å²) in [7, 11) is 0. The number of rotatable bonds is 9. The minimum atomic E-state index is -0.945. The quantitative estimate of drug-likeness (QED) is 0.421. The smallest absolute Gasteiger partial charge is 0.335 e. The average Bonchev–Trinajstić information content (AvgIpc) is 2.75. The molecule has 0 bridgehead atoms. The van der Waals surface area contributed by atoms with Gasteiger partial charge in [-0.2, -0.15) is 0 Å². The molecule has 3 N–H and O–H groups in total. The number of hydrogen-bond acceptors (Lipinski definition) is 3. The summed E-state index contributed by atoms with van der Waals surface area (Å²) in [4.78, 5) is 24.0. The maximum absolute atomic E-state index is 13.0. The van der Waals surface area contributed by atoms with Crippen LogP contribution in [-0.4, -0.2) is 29.1 Å². The number of carbonyl (C=O) groups is 2. The number of nitrogens with one attached hydrogen (secondary N) is 2. The fourth-order valence-corrected chi connectivity index (χ4v) is 4.89. The molecule has 1 amide bonds. The van der Waals surface area contributed by atoms with E-state index in [-0.39, 0.29) is 17.0 Å². The van der Waals surface area contributed by atoms with E-state index in [0.717, 1.165) is 30.5 Å². The molecule has 5 nitrogen and oxygen atoms in total. The molecule has 32 heavy (non-hydrogen) atoms. The van der Waals surface area contributed by atoms with Crippen molar-refractivity contribution < 1.29 is 14.7 Å². The number of amides is 1. The maximum Gasteiger partial charge on any atom is 0.335 e. The van der Waals surface area contributed by atoms with Gasteiger partial charge in [0.1, 0.15) is 0 Å². The Morgan fingerprint density at radius 3 is 2.38 bits per heavy atom. The molecule has 0 aliphatic heterocycles. The first kappa shape index (κ1) is 24.1. The third-order valence-electron chi connectivity index (χ3n) is 6.14. The first-order valence-corrected chi connectivity index (χ1v) is 11.8. The van der Waals surface area contributed by atoms with Crippen LogP contribution in [0.3, 0.4) is 0 Å². The molecule has 0 radical (unpaired) electrons. The predicted octanol–water partition coefficient (Wildman–Crippen LogP) is 6.17. The Bertz CT molecular complexity index is 935. The van der Waals surface area contributed by atoms with Crippen molar-refractivity contribution in [2.45, 2.75) is 64.3 Å². The van der Waals surface area contributed by atoms with Crippen molar-refractivity contribution in [3.8, 4) is 0 Å². The molecule has 6 heteroatoms. The van der Waals surface area contributed by atoms with Gasteiger partial charge < -0.3 is 15.7 Å². The van der Waals surface area contributed by atoms with Crippen LogP contribution in [0.2, 0.25) is 5.02 Å². The van der Waals surface area contributed by atoms with Crippen molar-refractivity contribution in [2.24, 2.45) is 5.92 Å². The Morgan fingerprint density at radius 2 is 1.75 bits per heavy atom. The number of hydrogen-bond donors (Lipinski definition) is 3. The SMILES string of the molecule is CC(C)CC1(Nc2ccc(Cl)cc2C(=O)NCCc2ccc(C(=O)O)cc2)CCCCC1. The van der Waals surface area contributed by atoms with Gasteiger partial charge in [0.15, 0.2) is 0 Å². The van der Waals surface area contributed by atoms with E-state index in [0.29, 0.717) is 29.5 Å². The van der Waals surface area contributed by atoms with Crippen molar-refractivity contribution in [3.05, 3.63) is 64.2 Å². The van der Waals surface area contributed by atoms with Gasteiger partial charge in [0.05, 0.1) is 11.1 Å². The summed E-state index contributed by atoms with van der Waals surface area (Å²) in [5.74, 6) is -0.538. The predicted molar refractivity (Wildman–Crippen MR) is 130 cm³/mol. The van der Waals surface area contributed by atoms with Gasteiger partial charge in [-0.15, -0.1) is 0 Å². The lowest BCUT2D eigenvalue weighted by Gasteiger charge is -2.41. The van der Waals surface area contributed by atoms with Crippen LogP contribution in [0.4, 0.5) is 5.69 Å². The Balaban J connectivity index is 1.69. The molecule has 0 spiro atoms. The lowest BCUT2D eigenvalue weighted by atomic mass is 9.76. The molecule has 1 aliphatic rings. The second-order valence-electron chi connectivity index (χ2n) is 9.26. The highest BCUT2D eigenvalue weighted by molar-refractivity contribution is 6.31. The zero-order valence-corrected chi connectivity index (χ0v) is 19.7. The van der Waals surface area contributed by atoms with Crippen molar-refractivity contribution in [2.75, 3.05) is 11.9 Å². The molecule has 0 saturated heterocycles. The molecule has 1 fully saturated rings. The van der Waals surface area contributed by atoms with E-state index in [1.807, 2.05) is 12.1 Å². The monoisotopic (exact) mass is 456 g/mol. The topological polar surface area (TPSA) is 78.4 Å². The molecular weight excluding hydrogens is 424 g/mol. The maximum atomic E-state index is 13.0. The summed E-state index contributed by atoms with van der Waals surface area (Å²) in [5, 5.41) is 16.3. The van der Waals surface area contributed by atoms with Crippen LogP contribution >= 0.6 is 11.6 Å². The number of carboxylic acid groups (broad SMARTS) is 1. The van der Waals surface area contributed by atoms with E-state index in [1.165, 1.54) is 19.3 Å². The van der Waals surface area contributed by atoms with Crippen LogP contribution in [0.15, 0.2) is 42.5 Å². The standard InChI is InChI=1S/C26H33ClN2O3/c1-18(2)17-26(13-4-3-5-14-26)29-23-11-10-21(27)16-22(23)24(30)28-15-12-19-6-8-20(9-7-19)25(31)32/h6-11,16,18,29H,3-5,12-15,17H2,1-2H3,(H,28,30)(H,31,32). The number of carboxylic acids is 1. The first-order valence-electron chi connectivity index (χ1n) is 11.5. The second kappa shape index (κ2) is 10.9. The van der Waals surface area contributed by atoms with Gasteiger partial charge in [0.2, 0.25) is 0 Å². The summed E-state index contributed by atoms with van der Waals surface area (Å²) >= 11 is 6.24. The largest absolute Gasteiger partial charge is 0.478 e. The summed E-state index contributed by atoms with van der Waals surface area (Å²) in [5.41, 5.74) is 2.64. The number of benzene rings is 2. The molecule has 1 saturated carbocycles. The van der Waals surface area contributed by atoms with Gasteiger partial charge >= 0.3 is 5.97 Å². The number of anilines is 1. The third kappa shape index (κ3) is 6.49. The van der Waals surface area contributed by atoms with Gasteiger partial charge in [-0.05, 0) is 67.5 Å². The highest BCUT2D eigenvalue weighted by atomic mass is 35.5. The first-order chi connectivity index (χ1) is 15.3. The molecule has 2 aromatic rings. The molecular formula is C26H33ClN2O3. The molecule has 172 valence electrons. The summed E-state index contributed by atoms with van der Waals surface area (Å²) in [6.45, 7) is 4.95. The lowest BCUT2D eigenvalue weighted by molar-refractivity contribution is 0.0696. The molecule has 0 heterocycles. The van der Waals surface area contributed by atoms with E-state index in [1.54, 1.807) is 30.3 Å². The Morgan fingerprint density at radius 1 is 1.06 bits per heavy atom. The van der Waals surface area contributed by atoms with Crippen LogP contribution in [0.25, 0.3) is 0 Å². The minimum absolute atomic E-state index is 0.0150. The second-order valence-corrected chi connectivity index (χ2v) is 9.70. The normalized spacial score (nSPS) is 15.4. The summed E-state index contributed by atoms with van der Waals surface area (Å²) in [6, 6.07) is 12.2. The molecule has 3 rings (SSSR count). The van der Waals surface area contributed by atoms with Gasteiger partial charge in [-0.25, -0.2) is 4.79 Å². The van der Waals surface area contributed by atoms with Gasteiger partial charge in [-0.1, -0.05) is 56.8 Å². The third-order valence-corrected chi connectivity index (χ3v) is 6.37. The Kier molecular flexibility index (Phi) is 8.19. The molecule has 0 atom stereocenters. The van der Waals surface area contributed by atoms with E-state index in [9.17, 15) is 9.59 Å². The fourth-order valence-electron chi connectivity index (χ4n) is 4.72. The zero-order chi connectivity index (χ0) is 23.1. The minimum Gasteiger partial charge on any atom is -0.478 e. The summed E-state index contributed by atoms with van der Waals surface area (Å²) in [6.07, 6.45) is 7.59. The van der Waals surface area contributed by atoms with Gasteiger partial charge in [0, 0.05) is 22.8 Å². The fraction of sp³-hybridized carbons (Fsp3) is 0.462. The highest BCUT2D eigenvalue weighted by Gasteiger charge is 2.33. The zero-order valence-electron chi connectivity index (χ0n) is 18.9. The van der Waals surface area contributed by atoms with Crippen molar-refractivity contribution >= 4 is 29.2 Å². The van der Waals surface area contributed by atoms with Crippen LogP contribution < -0.4 is 10.6 Å². The number of carbonyl (C=O) groups excluding carboxylic acids is 1. The number of aromatic carboxylic acids is 1. The van der Waals surface area contributed by atoms with E-state index >= 15 is 0 Å². The molecule has 0 aromatic heterocycles. The average molecular weight is 457 g/mol. The lowest BCUT2D eigenvalue weighted by Crippen LogP contribution is -2.42. The van der Waals surface area contributed by atoms with Crippen LogP contribution in [0.1, 0.15) is 78.7 Å². The van der Waals surface area contributed by atoms with E-state index < -0.39 is 5.97 Å². The Labute approximate surface area is 195 Å². The van der Waals surface area contributed by atoms with Crippen LogP contribution in [0.5, 0.6) is 0 Å². The van der Waals surface area contributed by atoms with Gasteiger partial charge in [0.25, 0.3) is 5.91 Å². The molecule has 2 aromatic carbocycles. The van der Waals surface area contributed by atoms with Crippen molar-refractivity contribution in [3.63, 3.8) is 0 Å². The van der Waals surface area contributed by atoms with Gasteiger partial charge in [-0.3, -0.25) is 4.79 Å². The Hall–Kier alpha value is -2.53. The van der Waals surface area contributed by atoms with Crippen LogP contribution in [0, 0.1) is 5.92 Å². The highest BCUT2D eigenvalue weighted by Crippen LogP contribution is 2.37. The molecule has 0 unspecified atom stereocenters. The van der Waals surface area contributed by atoms with Crippen LogP contribution in [-0.2, 0) is 6.42 Å². The summed E-state index contributed by atoms with van der Waals surface area (Å²) < 4.78 is 0. The van der Waals surface area contributed by atoms with E-state index in [2.05, 4.69) is 24.5 Å². The number of halogens is 1. The molecule has 1 aliphatic carbocycles.